The van der Waals surface area contributed by atoms with Gasteiger partial charge in [-0.1, -0.05) is 43.9 Å². The highest BCUT2D eigenvalue weighted by Gasteiger charge is 2.27. The standard InChI is InChI=1S/C18H23FO3/c19-16-10-6-5-9-14(16)11-15(18(21)22)12-17(20)13-7-3-1-2-4-8-13/h5-6,9-10,13,15H,1-4,7-8,11-12H2,(H,21,22). The lowest BCUT2D eigenvalue weighted by molar-refractivity contribution is -0.144. The second kappa shape index (κ2) is 8.06. The summed E-state index contributed by atoms with van der Waals surface area (Å²) < 4.78 is 13.7. The van der Waals surface area contributed by atoms with Crippen molar-refractivity contribution in [3.8, 4) is 0 Å². The van der Waals surface area contributed by atoms with Gasteiger partial charge in [0.25, 0.3) is 0 Å². The molecular formula is C18H23FO3. The van der Waals surface area contributed by atoms with Crippen LogP contribution in [0.25, 0.3) is 0 Å². The number of carboxylic acid groups (broad SMARTS) is 1. The van der Waals surface area contributed by atoms with Crippen LogP contribution in [0.5, 0.6) is 0 Å². The fourth-order valence-electron chi connectivity index (χ4n) is 3.19. The highest BCUT2D eigenvalue weighted by molar-refractivity contribution is 5.85. The summed E-state index contributed by atoms with van der Waals surface area (Å²) in [7, 11) is 0. The molecule has 0 radical (unpaired) electrons. The van der Waals surface area contributed by atoms with Gasteiger partial charge in [-0.05, 0) is 30.9 Å². The monoisotopic (exact) mass is 306 g/mol. The van der Waals surface area contributed by atoms with E-state index in [-0.39, 0.29) is 24.5 Å². The Hall–Kier alpha value is -1.71. The SMILES string of the molecule is O=C(O)C(CC(=O)C1CCCCCC1)Cc1ccccc1F. The fraction of sp³-hybridized carbons (Fsp3) is 0.556. The Labute approximate surface area is 130 Å². The molecule has 1 N–H and O–H groups in total. The number of hydrogen-bond acceptors (Lipinski definition) is 2. The number of carbonyl (C=O) groups excluding carboxylic acids is 1. The number of benzene rings is 1. The normalized spacial score (nSPS) is 17.7. The molecule has 0 saturated heterocycles. The predicted octanol–water partition coefficient (Wildman–Crippen LogP) is 4.00. The number of rotatable bonds is 6. The van der Waals surface area contributed by atoms with Crippen LogP contribution in [0.4, 0.5) is 4.39 Å². The van der Waals surface area contributed by atoms with Crippen molar-refractivity contribution in [2.24, 2.45) is 11.8 Å². The van der Waals surface area contributed by atoms with Crippen LogP contribution < -0.4 is 0 Å². The van der Waals surface area contributed by atoms with Crippen LogP contribution in [0, 0.1) is 17.7 Å². The van der Waals surface area contributed by atoms with Gasteiger partial charge in [0.2, 0.25) is 0 Å². The van der Waals surface area contributed by atoms with Crippen LogP contribution in [0.15, 0.2) is 24.3 Å². The lowest BCUT2D eigenvalue weighted by atomic mass is 9.86. The Kier molecular flexibility index (Phi) is 6.10. The molecule has 0 bridgehead atoms. The Balaban J connectivity index is 2.00. The first kappa shape index (κ1) is 16.7. The highest BCUT2D eigenvalue weighted by Crippen LogP contribution is 2.26. The molecule has 0 heterocycles. The van der Waals surface area contributed by atoms with E-state index in [0.29, 0.717) is 5.56 Å². The van der Waals surface area contributed by atoms with Crippen molar-refractivity contribution in [1.29, 1.82) is 0 Å². The van der Waals surface area contributed by atoms with Crippen molar-refractivity contribution in [3.63, 3.8) is 0 Å². The van der Waals surface area contributed by atoms with Crippen molar-refractivity contribution in [3.05, 3.63) is 35.6 Å². The maximum atomic E-state index is 13.7. The molecule has 1 aromatic rings. The number of halogens is 1. The third-order valence-electron chi connectivity index (χ3n) is 4.53. The maximum Gasteiger partial charge on any atom is 0.307 e. The molecule has 1 saturated carbocycles. The Morgan fingerprint density at radius 1 is 1.14 bits per heavy atom. The number of Topliss-reactive ketones (excluding diaryl/α,β-unsaturated/α-hetero) is 1. The van der Waals surface area contributed by atoms with Crippen LogP contribution in [0.3, 0.4) is 0 Å². The van der Waals surface area contributed by atoms with E-state index in [9.17, 15) is 19.1 Å². The molecule has 22 heavy (non-hydrogen) atoms. The van der Waals surface area contributed by atoms with E-state index in [0.717, 1.165) is 38.5 Å². The summed E-state index contributed by atoms with van der Waals surface area (Å²) in [5.74, 6) is -2.25. The minimum Gasteiger partial charge on any atom is -0.481 e. The average molecular weight is 306 g/mol. The Bertz CT molecular complexity index is 519. The van der Waals surface area contributed by atoms with Gasteiger partial charge in [0.1, 0.15) is 11.6 Å². The van der Waals surface area contributed by atoms with E-state index in [1.165, 1.54) is 6.07 Å². The van der Waals surface area contributed by atoms with Gasteiger partial charge in [0, 0.05) is 12.3 Å². The Morgan fingerprint density at radius 2 is 1.77 bits per heavy atom. The zero-order valence-corrected chi connectivity index (χ0v) is 12.8. The molecule has 0 aliphatic heterocycles. The smallest absolute Gasteiger partial charge is 0.307 e. The van der Waals surface area contributed by atoms with Gasteiger partial charge < -0.3 is 5.11 Å². The summed E-state index contributed by atoms with van der Waals surface area (Å²) >= 11 is 0. The lowest BCUT2D eigenvalue weighted by Crippen LogP contribution is -2.24. The van der Waals surface area contributed by atoms with Crippen LogP contribution >= 0.6 is 0 Å². The molecule has 0 amide bonds. The largest absolute Gasteiger partial charge is 0.481 e. The quantitative estimate of drug-likeness (QED) is 0.808. The minimum atomic E-state index is -1.02. The second-order valence-corrected chi connectivity index (χ2v) is 6.19. The van der Waals surface area contributed by atoms with E-state index < -0.39 is 17.7 Å². The van der Waals surface area contributed by atoms with Gasteiger partial charge >= 0.3 is 5.97 Å². The number of aliphatic carboxylic acids is 1. The van der Waals surface area contributed by atoms with Crippen LogP contribution in [-0.4, -0.2) is 16.9 Å². The first-order valence-corrected chi connectivity index (χ1v) is 8.07. The Morgan fingerprint density at radius 3 is 2.36 bits per heavy atom. The zero-order chi connectivity index (χ0) is 15.9. The van der Waals surface area contributed by atoms with Crippen LogP contribution in [0.1, 0.15) is 50.5 Å². The van der Waals surface area contributed by atoms with Crippen molar-refractivity contribution in [1.82, 2.24) is 0 Å². The van der Waals surface area contributed by atoms with Crippen molar-refractivity contribution in [2.45, 2.75) is 51.4 Å². The van der Waals surface area contributed by atoms with Gasteiger partial charge in [-0.25, -0.2) is 4.39 Å². The third-order valence-corrected chi connectivity index (χ3v) is 4.53. The molecule has 1 unspecified atom stereocenters. The zero-order valence-electron chi connectivity index (χ0n) is 12.8. The molecule has 1 aliphatic carbocycles. The van der Waals surface area contributed by atoms with E-state index in [4.69, 9.17) is 0 Å². The number of hydrogen-bond donors (Lipinski definition) is 1. The summed E-state index contributed by atoms with van der Waals surface area (Å²) in [5.41, 5.74) is 0.364. The molecule has 2 rings (SSSR count). The third kappa shape index (κ3) is 4.65. The summed E-state index contributed by atoms with van der Waals surface area (Å²) in [5, 5.41) is 9.35. The molecule has 1 aromatic carbocycles. The molecule has 4 heteroatoms. The second-order valence-electron chi connectivity index (χ2n) is 6.19. The lowest BCUT2D eigenvalue weighted by Gasteiger charge is -2.17. The minimum absolute atomic E-state index is 0.00827. The van der Waals surface area contributed by atoms with Gasteiger partial charge in [-0.3, -0.25) is 9.59 Å². The van der Waals surface area contributed by atoms with Gasteiger partial charge in [-0.15, -0.1) is 0 Å². The molecular weight excluding hydrogens is 283 g/mol. The van der Waals surface area contributed by atoms with E-state index in [2.05, 4.69) is 0 Å². The molecule has 1 fully saturated rings. The predicted molar refractivity (Wildman–Crippen MR) is 82.0 cm³/mol. The van der Waals surface area contributed by atoms with Crippen molar-refractivity contribution >= 4 is 11.8 Å². The van der Waals surface area contributed by atoms with Crippen LogP contribution in [-0.2, 0) is 16.0 Å². The first-order chi connectivity index (χ1) is 10.6. The number of carbonyl (C=O) groups is 2. The average Bonchev–Trinajstić information content (AvgIpc) is 2.77. The molecule has 1 aliphatic rings. The highest BCUT2D eigenvalue weighted by atomic mass is 19.1. The number of ketones is 1. The molecule has 120 valence electrons. The maximum absolute atomic E-state index is 13.7. The number of carboxylic acids is 1. The van der Waals surface area contributed by atoms with Crippen LogP contribution in [0.2, 0.25) is 0 Å². The first-order valence-electron chi connectivity index (χ1n) is 8.07. The van der Waals surface area contributed by atoms with Crippen molar-refractivity contribution < 1.29 is 19.1 Å². The molecule has 0 spiro atoms. The fourth-order valence-corrected chi connectivity index (χ4v) is 3.19. The summed E-state index contributed by atoms with van der Waals surface area (Å²) in [6, 6.07) is 6.17. The summed E-state index contributed by atoms with van der Waals surface area (Å²) in [6.45, 7) is 0. The van der Waals surface area contributed by atoms with Gasteiger partial charge in [-0.2, -0.15) is 0 Å². The molecule has 1 atom stereocenters. The van der Waals surface area contributed by atoms with Gasteiger partial charge in [0.15, 0.2) is 0 Å². The van der Waals surface area contributed by atoms with E-state index >= 15 is 0 Å². The topological polar surface area (TPSA) is 54.4 Å². The van der Waals surface area contributed by atoms with E-state index in [1.807, 2.05) is 0 Å². The summed E-state index contributed by atoms with van der Waals surface area (Å²) in [4.78, 5) is 23.8. The van der Waals surface area contributed by atoms with Gasteiger partial charge in [0.05, 0.1) is 5.92 Å². The van der Waals surface area contributed by atoms with Crippen molar-refractivity contribution in [2.75, 3.05) is 0 Å². The molecule has 3 nitrogen and oxygen atoms in total. The summed E-state index contributed by atoms with van der Waals surface area (Å²) in [6.07, 6.45) is 6.20. The molecule has 0 aromatic heterocycles. The van der Waals surface area contributed by atoms with E-state index in [1.54, 1.807) is 18.2 Å².